The number of anilines is 2. The van der Waals surface area contributed by atoms with Gasteiger partial charge in [0.1, 0.15) is 11.6 Å². The molecule has 0 radical (unpaired) electrons. The fourth-order valence-corrected chi connectivity index (χ4v) is 1.50. The monoisotopic (exact) mass is 245 g/mol. The van der Waals surface area contributed by atoms with Crippen molar-refractivity contribution in [2.75, 3.05) is 11.1 Å². The van der Waals surface area contributed by atoms with E-state index in [0.29, 0.717) is 22.6 Å². The first kappa shape index (κ1) is 12.0. The lowest BCUT2D eigenvalue weighted by Gasteiger charge is -2.08. The summed E-state index contributed by atoms with van der Waals surface area (Å²) in [5.41, 5.74) is 7.06. The zero-order valence-corrected chi connectivity index (χ0v) is 9.77. The fraction of sp³-hybridized carbons (Fsp3) is 0.0769. The van der Waals surface area contributed by atoms with Gasteiger partial charge in [-0.05, 0) is 42.8 Å². The second-order valence-corrected chi connectivity index (χ2v) is 3.89. The summed E-state index contributed by atoms with van der Waals surface area (Å²) in [6.07, 6.45) is 1.39. The van der Waals surface area contributed by atoms with E-state index in [-0.39, 0.29) is 11.7 Å². The zero-order valence-electron chi connectivity index (χ0n) is 9.77. The van der Waals surface area contributed by atoms with Crippen molar-refractivity contribution in [3.63, 3.8) is 0 Å². The van der Waals surface area contributed by atoms with Gasteiger partial charge in [0, 0.05) is 11.9 Å². The van der Waals surface area contributed by atoms with Crippen LogP contribution in [0.1, 0.15) is 15.9 Å². The first-order valence-corrected chi connectivity index (χ1v) is 5.35. The van der Waals surface area contributed by atoms with Gasteiger partial charge in [-0.2, -0.15) is 0 Å². The number of nitrogens with zero attached hydrogens (tertiary/aromatic N) is 1. The van der Waals surface area contributed by atoms with Crippen LogP contribution in [-0.2, 0) is 0 Å². The van der Waals surface area contributed by atoms with Crippen molar-refractivity contribution < 1.29 is 9.18 Å². The van der Waals surface area contributed by atoms with E-state index >= 15 is 0 Å². The van der Waals surface area contributed by atoms with Gasteiger partial charge in [-0.25, -0.2) is 9.37 Å². The van der Waals surface area contributed by atoms with Gasteiger partial charge in [-0.1, -0.05) is 0 Å². The molecular weight excluding hydrogens is 233 g/mol. The molecule has 0 aliphatic carbocycles. The van der Waals surface area contributed by atoms with Gasteiger partial charge in [-0.15, -0.1) is 0 Å². The molecule has 18 heavy (non-hydrogen) atoms. The normalized spacial score (nSPS) is 10.1. The van der Waals surface area contributed by atoms with E-state index < -0.39 is 0 Å². The van der Waals surface area contributed by atoms with E-state index in [2.05, 4.69) is 10.3 Å². The Balaban J connectivity index is 2.18. The highest BCUT2D eigenvalue weighted by Crippen LogP contribution is 2.16. The summed E-state index contributed by atoms with van der Waals surface area (Å²) in [5.74, 6) is -0.290. The molecule has 0 unspecified atom stereocenters. The van der Waals surface area contributed by atoms with Crippen LogP contribution < -0.4 is 11.1 Å². The van der Waals surface area contributed by atoms with Crippen LogP contribution in [-0.4, -0.2) is 10.9 Å². The van der Waals surface area contributed by atoms with Crippen molar-refractivity contribution in [3.8, 4) is 0 Å². The van der Waals surface area contributed by atoms with Crippen LogP contribution in [0.4, 0.5) is 15.9 Å². The predicted molar refractivity (Wildman–Crippen MR) is 67.7 cm³/mol. The molecule has 2 aromatic rings. The first-order valence-electron chi connectivity index (χ1n) is 5.35. The average Bonchev–Trinajstić information content (AvgIpc) is 2.33. The zero-order chi connectivity index (χ0) is 13.1. The number of rotatable bonds is 2. The number of nitrogens with two attached hydrogens (primary N) is 1. The number of benzene rings is 1. The molecule has 1 aromatic carbocycles. The van der Waals surface area contributed by atoms with Gasteiger partial charge in [0.2, 0.25) is 0 Å². The standard InChI is InChI=1S/C13H12FN3O/c1-8-6-10(14)3-4-11(8)17-13(18)9-2-5-12(15)16-7-9/h2-7H,1H3,(H2,15,16)(H,17,18). The number of pyridine rings is 1. The van der Waals surface area contributed by atoms with Crippen LogP contribution in [0.2, 0.25) is 0 Å². The summed E-state index contributed by atoms with van der Waals surface area (Å²) >= 11 is 0. The van der Waals surface area contributed by atoms with Crippen LogP contribution in [0, 0.1) is 12.7 Å². The number of halogens is 1. The molecule has 0 aliphatic rings. The Morgan fingerprint density at radius 2 is 2.11 bits per heavy atom. The summed E-state index contributed by atoms with van der Waals surface area (Å²) in [6.45, 7) is 1.72. The van der Waals surface area contributed by atoms with Gasteiger partial charge in [0.15, 0.2) is 0 Å². The van der Waals surface area contributed by atoms with Gasteiger partial charge in [0.25, 0.3) is 5.91 Å². The van der Waals surface area contributed by atoms with Gasteiger partial charge in [0.05, 0.1) is 5.56 Å². The predicted octanol–water partition coefficient (Wildman–Crippen LogP) is 2.36. The maximum atomic E-state index is 12.9. The van der Waals surface area contributed by atoms with E-state index in [0.717, 1.165) is 0 Å². The third-order valence-corrected chi connectivity index (χ3v) is 2.49. The van der Waals surface area contributed by atoms with E-state index in [9.17, 15) is 9.18 Å². The Morgan fingerprint density at radius 1 is 1.33 bits per heavy atom. The SMILES string of the molecule is Cc1cc(F)ccc1NC(=O)c1ccc(N)nc1. The largest absolute Gasteiger partial charge is 0.384 e. The average molecular weight is 245 g/mol. The Labute approximate surface area is 104 Å². The molecule has 1 amide bonds. The molecule has 0 spiro atoms. The lowest BCUT2D eigenvalue weighted by atomic mass is 10.2. The summed E-state index contributed by atoms with van der Waals surface area (Å²) in [6, 6.07) is 7.30. The molecule has 0 fully saturated rings. The van der Waals surface area contributed by atoms with Gasteiger partial charge in [-0.3, -0.25) is 4.79 Å². The highest BCUT2D eigenvalue weighted by Gasteiger charge is 2.08. The third-order valence-electron chi connectivity index (χ3n) is 2.49. The molecular formula is C13H12FN3O. The van der Waals surface area contributed by atoms with Crippen LogP contribution in [0.3, 0.4) is 0 Å². The highest BCUT2D eigenvalue weighted by atomic mass is 19.1. The van der Waals surface area contributed by atoms with Gasteiger partial charge < -0.3 is 11.1 Å². The number of hydrogen-bond donors (Lipinski definition) is 2. The molecule has 0 saturated heterocycles. The molecule has 0 aliphatic heterocycles. The van der Waals surface area contributed by atoms with Crippen molar-refractivity contribution in [1.82, 2.24) is 4.98 Å². The Bertz CT molecular complexity index is 581. The van der Waals surface area contributed by atoms with Crippen LogP contribution in [0.15, 0.2) is 36.5 Å². The van der Waals surface area contributed by atoms with Crippen molar-refractivity contribution in [2.45, 2.75) is 6.92 Å². The lowest BCUT2D eigenvalue weighted by molar-refractivity contribution is 0.102. The minimum Gasteiger partial charge on any atom is -0.384 e. The molecule has 0 bridgehead atoms. The van der Waals surface area contributed by atoms with Crippen molar-refractivity contribution in [3.05, 3.63) is 53.5 Å². The number of carbonyl (C=O) groups is 1. The van der Waals surface area contributed by atoms with Crippen molar-refractivity contribution in [2.24, 2.45) is 0 Å². The summed E-state index contributed by atoms with van der Waals surface area (Å²) in [7, 11) is 0. The molecule has 0 atom stereocenters. The number of aryl methyl sites for hydroxylation is 1. The first-order chi connectivity index (χ1) is 8.56. The smallest absolute Gasteiger partial charge is 0.257 e. The molecule has 4 nitrogen and oxygen atoms in total. The molecule has 0 saturated carbocycles. The van der Waals surface area contributed by atoms with E-state index in [4.69, 9.17) is 5.73 Å². The van der Waals surface area contributed by atoms with E-state index in [1.807, 2.05) is 0 Å². The molecule has 1 aromatic heterocycles. The Kier molecular flexibility index (Phi) is 3.23. The molecule has 2 rings (SSSR count). The number of aromatic nitrogens is 1. The molecule has 1 heterocycles. The number of amides is 1. The van der Waals surface area contributed by atoms with Crippen LogP contribution >= 0.6 is 0 Å². The Morgan fingerprint density at radius 3 is 2.72 bits per heavy atom. The van der Waals surface area contributed by atoms with Gasteiger partial charge >= 0.3 is 0 Å². The Hall–Kier alpha value is -2.43. The molecule has 92 valence electrons. The maximum absolute atomic E-state index is 12.9. The van der Waals surface area contributed by atoms with Crippen LogP contribution in [0.5, 0.6) is 0 Å². The number of hydrogen-bond acceptors (Lipinski definition) is 3. The number of nitrogen functional groups attached to an aromatic ring is 1. The molecule has 5 heteroatoms. The highest BCUT2D eigenvalue weighted by molar-refractivity contribution is 6.04. The fourth-order valence-electron chi connectivity index (χ4n) is 1.50. The summed E-state index contributed by atoms with van der Waals surface area (Å²) in [5, 5.41) is 2.69. The third kappa shape index (κ3) is 2.63. The minimum atomic E-state index is -0.334. The number of carbonyl (C=O) groups excluding carboxylic acids is 1. The van der Waals surface area contributed by atoms with E-state index in [1.165, 1.54) is 24.4 Å². The second-order valence-electron chi connectivity index (χ2n) is 3.89. The van der Waals surface area contributed by atoms with Crippen molar-refractivity contribution in [1.29, 1.82) is 0 Å². The lowest BCUT2D eigenvalue weighted by Crippen LogP contribution is -2.13. The second kappa shape index (κ2) is 4.83. The summed E-state index contributed by atoms with van der Waals surface area (Å²) < 4.78 is 12.9. The van der Waals surface area contributed by atoms with Crippen LogP contribution in [0.25, 0.3) is 0 Å². The quantitative estimate of drug-likeness (QED) is 0.853. The van der Waals surface area contributed by atoms with E-state index in [1.54, 1.807) is 19.1 Å². The topological polar surface area (TPSA) is 68.0 Å². The maximum Gasteiger partial charge on any atom is 0.257 e. The summed E-state index contributed by atoms with van der Waals surface area (Å²) in [4.78, 5) is 15.7. The number of nitrogens with one attached hydrogen (secondary N) is 1. The minimum absolute atomic E-state index is 0.308. The van der Waals surface area contributed by atoms with Crippen molar-refractivity contribution >= 4 is 17.4 Å². The molecule has 3 N–H and O–H groups in total.